The summed E-state index contributed by atoms with van der Waals surface area (Å²) in [4.78, 5) is 73.2. The normalized spacial score (nSPS) is 40.7. The fourth-order valence-electron chi connectivity index (χ4n) is 10.8. The van der Waals surface area contributed by atoms with Crippen LogP contribution in [0, 0.1) is 35.5 Å². The molecule has 14 nitrogen and oxygen atoms in total. The molecule has 0 aromatic heterocycles. The van der Waals surface area contributed by atoms with Crippen LogP contribution in [0.5, 0.6) is 0 Å². The molecule has 3 N–H and O–H groups in total. The SMILES string of the molecule is CCC12CCCCN1C(=O)C(=O)[C@]1(O)O[C@@H](CC[C@H]1C)C[C@H](OC)/C(C)=C/C=C/C=C/[C@@H](C)C[C@@H](C)C(=O)[C@H](OC)[C@H](O)/C(C)=C/[C@@H](C)C(=O)C[C@@H]([C@H](C)C[C@H]1CC[C@H](O)[C@H](OC)C1)OC2=O. The van der Waals surface area contributed by atoms with Crippen LogP contribution in [0.1, 0.15) is 139 Å². The van der Waals surface area contributed by atoms with Gasteiger partial charge in [-0.1, -0.05) is 78.0 Å². The van der Waals surface area contributed by atoms with Crippen LogP contribution in [0.15, 0.2) is 47.6 Å². The summed E-state index contributed by atoms with van der Waals surface area (Å²) in [5.74, 6) is -8.00. The smallest absolute Gasteiger partial charge is 0.332 e. The third-order valence-corrected chi connectivity index (χ3v) is 15.4. The van der Waals surface area contributed by atoms with E-state index in [4.69, 9.17) is 23.7 Å². The van der Waals surface area contributed by atoms with Gasteiger partial charge >= 0.3 is 5.97 Å². The van der Waals surface area contributed by atoms with Crippen molar-refractivity contribution < 1.29 is 63.0 Å². The van der Waals surface area contributed by atoms with Gasteiger partial charge in [-0.05, 0) is 113 Å². The zero-order chi connectivity index (χ0) is 49.8. The Bertz CT molecular complexity index is 1820. The minimum absolute atomic E-state index is 0.0167. The number of fused-ring (bicyclic) bond motifs is 3. The highest BCUT2D eigenvalue weighted by atomic mass is 16.6. The highest BCUT2D eigenvalue weighted by Gasteiger charge is 2.56. The molecule has 1 unspecified atom stereocenters. The van der Waals surface area contributed by atoms with Gasteiger partial charge in [-0.15, -0.1) is 0 Å². The number of carbonyl (C=O) groups is 5. The standard InChI is InChI=1S/C53H83NO13/c1-12-52-24-16-17-25-54(52)50(60)49(59)53(62)38(8)20-22-40(67-53)30-43(63-9)33(3)19-15-13-14-18-32(2)26-36(6)46(57)48(65-11)47(58)37(7)27-34(4)42(56)31-44(66-51(52)61)35(5)28-39-21-23-41(55)45(29-39)64-10/h13-15,18-19,27,32,34-36,38-41,43-45,47-48,55,58,62H,12,16-17,20-26,28-31H2,1-11H3/b15-13+,18-14+,33-19+,37-27+/t32-,34-,35-,36-,38-,39-,40+,41+,43+,44+,45-,47-,48+,52?,53-/m1/s1. The summed E-state index contributed by atoms with van der Waals surface area (Å²) in [5.41, 5.74) is -0.297. The topological polar surface area (TPSA) is 195 Å². The highest BCUT2D eigenvalue weighted by Crippen LogP contribution is 2.40. The zero-order valence-corrected chi connectivity index (χ0v) is 42.2. The molecule has 4 rings (SSSR count). The summed E-state index contributed by atoms with van der Waals surface area (Å²) < 4.78 is 29.7. The molecule has 1 aliphatic carbocycles. The van der Waals surface area contributed by atoms with Crippen molar-refractivity contribution in [2.75, 3.05) is 27.9 Å². The average Bonchev–Trinajstić information content (AvgIpc) is 3.30. The average molecular weight is 942 g/mol. The summed E-state index contributed by atoms with van der Waals surface area (Å²) >= 11 is 0. The first kappa shape index (κ1) is 56.2. The van der Waals surface area contributed by atoms with Crippen LogP contribution < -0.4 is 0 Å². The molecule has 0 radical (unpaired) electrons. The van der Waals surface area contributed by atoms with Crippen molar-refractivity contribution in [1.82, 2.24) is 4.90 Å². The van der Waals surface area contributed by atoms with Gasteiger partial charge in [0.05, 0.1) is 24.4 Å². The molecular weight excluding hydrogens is 859 g/mol. The Balaban J connectivity index is 1.76. The van der Waals surface area contributed by atoms with Crippen LogP contribution in [-0.2, 0) is 47.7 Å². The van der Waals surface area contributed by atoms with Gasteiger partial charge in [-0.3, -0.25) is 19.2 Å². The maximum absolute atomic E-state index is 14.9. The first-order chi connectivity index (χ1) is 31.7. The number of allylic oxidation sites excluding steroid dienone is 6. The molecule has 3 fully saturated rings. The maximum Gasteiger partial charge on any atom is 0.332 e. The van der Waals surface area contributed by atoms with Gasteiger partial charge in [0, 0.05) is 58.5 Å². The lowest BCUT2D eigenvalue weighted by atomic mass is 9.78. The molecule has 0 aromatic rings. The number of rotatable bonds is 7. The minimum Gasteiger partial charge on any atom is -0.460 e. The number of esters is 1. The number of ether oxygens (including phenoxy) is 5. The molecule has 2 saturated heterocycles. The van der Waals surface area contributed by atoms with Gasteiger partial charge in [0.1, 0.15) is 29.6 Å². The summed E-state index contributed by atoms with van der Waals surface area (Å²) in [6.07, 6.45) is 11.2. The lowest BCUT2D eigenvalue weighted by Crippen LogP contribution is -2.65. The number of aliphatic hydroxyl groups is 3. The van der Waals surface area contributed by atoms with Crippen LogP contribution >= 0.6 is 0 Å². The second kappa shape index (κ2) is 25.5. The number of Topliss-reactive ketones (excluding diaryl/α,β-unsaturated/α-hetero) is 3. The fourth-order valence-corrected chi connectivity index (χ4v) is 10.8. The molecule has 15 atom stereocenters. The van der Waals surface area contributed by atoms with E-state index in [1.807, 2.05) is 58.1 Å². The van der Waals surface area contributed by atoms with Gasteiger partial charge in [-0.2, -0.15) is 0 Å². The highest BCUT2D eigenvalue weighted by molar-refractivity contribution is 6.39. The predicted octanol–water partition coefficient (Wildman–Crippen LogP) is 6.96. The predicted molar refractivity (Wildman–Crippen MR) is 254 cm³/mol. The number of hydrogen-bond donors (Lipinski definition) is 3. The van der Waals surface area contributed by atoms with E-state index in [0.717, 1.165) is 12.0 Å². The lowest BCUT2D eigenvalue weighted by molar-refractivity contribution is -0.266. The van der Waals surface area contributed by atoms with Crippen molar-refractivity contribution in [2.24, 2.45) is 35.5 Å². The van der Waals surface area contributed by atoms with Crippen molar-refractivity contribution in [1.29, 1.82) is 0 Å². The molecule has 378 valence electrons. The molecule has 3 aliphatic heterocycles. The van der Waals surface area contributed by atoms with E-state index < -0.39 is 83.4 Å². The number of nitrogens with zero attached hydrogens (tertiary/aromatic N) is 1. The molecule has 4 aliphatic rings. The molecule has 3 heterocycles. The lowest BCUT2D eigenvalue weighted by Gasteiger charge is -2.47. The Morgan fingerprint density at radius 3 is 2.24 bits per heavy atom. The van der Waals surface area contributed by atoms with Crippen LogP contribution in [-0.4, -0.2) is 131 Å². The largest absolute Gasteiger partial charge is 0.460 e. The summed E-state index contributed by atoms with van der Waals surface area (Å²) in [5, 5.41) is 34.1. The maximum atomic E-state index is 14.9. The van der Waals surface area contributed by atoms with Crippen molar-refractivity contribution in [2.45, 2.75) is 193 Å². The van der Waals surface area contributed by atoms with E-state index in [1.54, 1.807) is 48.0 Å². The van der Waals surface area contributed by atoms with E-state index in [-0.39, 0.29) is 61.2 Å². The third-order valence-electron chi connectivity index (χ3n) is 15.4. The number of carbonyl (C=O) groups excluding carboxylic acids is 5. The van der Waals surface area contributed by atoms with Gasteiger partial charge < -0.3 is 43.9 Å². The van der Waals surface area contributed by atoms with Crippen LogP contribution in [0.3, 0.4) is 0 Å². The van der Waals surface area contributed by atoms with Crippen molar-refractivity contribution in [3.05, 3.63) is 47.6 Å². The van der Waals surface area contributed by atoms with E-state index in [0.29, 0.717) is 63.4 Å². The van der Waals surface area contributed by atoms with Crippen LogP contribution in [0.2, 0.25) is 0 Å². The monoisotopic (exact) mass is 942 g/mol. The minimum atomic E-state index is -2.45. The van der Waals surface area contributed by atoms with E-state index in [1.165, 1.54) is 12.0 Å². The Labute approximate surface area is 399 Å². The summed E-state index contributed by atoms with van der Waals surface area (Å²) in [6.45, 7) is 14.5. The molecule has 14 heteroatoms. The van der Waals surface area contributed by atoms with Crippen molar-refractivity contribution >= 4 is 29.2 Å². The van der Waals surface area contributed by atoms with Gasteiger partial charge in [0.2, 0.25) is 5.79 Å². The molecular formula is C53H83NO13. The number of hydrogen-bond acceptors (Lipinski definition) is 13. The quantitative estimate of drug-likeness (QED) is 0.135. The van der Waals surface area contributed by atoms with Gasteiger partial charge in [0.25, 0.3) is 11.7 Å². The first-order valence-corrected chi connectivity index (χ1v) is 24.9. The van der Waals surface area contributed by atoms with E-state index in [9.17, 15) is 39.3 Å². The Kier molecular flexibility index (Phi) is 21.4. The number of ketones is 3. The Morgan fingerprint density at radius 2 is 1.58 bits per heavy atom. The number of cyclic esters (lactones) is 1. The number of amides is 1. The van der Waals surface area contributed by atoms with E-state index >= 15 is 0 Å². The summed E-state index contributed by atoms with van der Waals surface area (Å²) in [7, 11) is 4.53. The summed E-state index contributed by atoms with van der Waals surface area (Å²) in [6, 6.07) is 0. The van der Waals surface area contributed by atoms with Crippen molar-refractivity contribution in [3.8, 4) is 0 Å². The first-order valence-electron chi connectivity index (χ1n) is 24.9. The zero-order valence-electron chi connectivity index (χ0n) is 42.2. The molecule has 0 aromatic carbocycles. The molecule has 1 amide bonds. The van der Waals surface area contributed by atoms with Crippen molar-refractivity contribution in [3.63, 3.8) is 0 Å². The third kappa shape index (κ3) is 13.9. The number of aliphatic hydroxyl groups excluding tert-OH is 2. The van der Waals surface area contributed by atoms with Gasteiger partial charge in [-0.25, -0.2) is 4.79 Å². The fraction of sp³-hybridized carbons (Fsp3) is 0.755. The second-order valence-electron chi connectivity index (χ2n) is 20.3. The number of methoxy groups -OCH3 is 3. The Hall–Kier alpha value is -3.37. The van der Waals surface area contributed by atoms with Crippen LogP contribution in [0.25, 0.3) is 0 Å². The molecule has 0 spiro atoms. The Morgan fingerprint density at radius 1 is 0.866 bits per heavy atom. The molecule has 67 heavy (non-hydrogen) atoms. The second-order valence-corrected chi connectivity index (χ2v) is 20.3. The van der Waals surface area contributed by atoms with Gasteiger partial charge in [0.15, 0.2) is 5.78 Å². The molecule has 2 bridgehead atoms. The molecule has 1 saturated carbocycles. The van der Waals surface area contributed by atoms with E-state index in [2.05, 4.69) is 0 Å². The van der Waals surface area contributed by atoms with Crippen LogP contribution in [0.4, 0.5) is 0 Å². The number of piperidine rings is 1.